The molecule has 3 aliphatic rings. The average Bonchev–Trinajstić information content (AvgIpc) is 2.99. The van der Waals surface area contributed by atoms with Gasteiger partial charge in [0.25, 0.3) is 0 Å². The topological polar surface area (TPSA) is 174 Å². The number of esters is 1. The molecule has 3 atom stereocenters. The summed E-state index contributed by atoms with van der Waals surface area (Å²) in [6, 6.07) is 0. The number of ether oxygens (including phenoxy) is 1. The van der Waals surface area contributed by atoms with Crippen LogP contribution in [0.2, 0.25) is 0 Å². The van der Waals surface area contributed by atoms with Gasteiger partial charge in [-0.15, -0.1) is 0 Å². The van der Waals surface area contributed by atoms with Crippen molar-refractivity contribution in [3.05, 3.63) is 0 Å². The van der Waals surface area contributed by atoms with Crippen molar-refractivity contribution in [2.45, 2.75) is 239 Å². The first-order valence-electron chi connectivity index (χ1n) is 23.1. The van der Waals surface area contributed by atoms with Crippen molar-refractivity contribution in [3.63, 3.8) is 0 Å². The van der Waals surface area contributed by atoms with E-state index in [1.165, 1.54) is 25.7 Å². The first-order valence-corrected chi connectivity index (χ1v) is 23.1. The second-order valence-corrected chi connectivity index (χ2v) is 23.8. The fourth-order valence-corrected chi connectivity index (χ4v) is 13.0. The Morgan fingerprint density at radius 3 is 1.24 bits per heavy atom. The highest BCUT2D eigenvalue weighted by Gasteiger charge is 2.62. The zero-order valence-electron chi connectivity index (χ0n) is 39.7. The molecule has 11 heteroatoms. The predicted octanol–water partition coefficient (Wildman–Crippen LogP) is 9.60. The average molecular weight is 834 g/mol. The second-order valence-electron chi connectivity index (χ2n) is 23.8. The summed E-state index contributed by atoms with van der Waals surface area (Å²) in [5.74, 6) is -8.21. The molecule has 0 spiro atoms. The lowest BCUT2D eigenvalue weighted by molar-refractivity contribution is -0.218. The minimum Gasteiger partial charge on any atom is -0.481 e. The Kier molecular flexibility index (Phi) is 16.8. The van der Waals surface area contributed by atoms with Crippen LogP contribution >= 0.6 is 0 Å². The Labute approximate surface area is 358 Å². The van der Waals surface area contributed by atoms with Gasteiger partial charge < -0.3 is 36.0 Å². The number of hydrogen-bond donors (Lipinski definition) is 6. The lowest BCUT2D eigenvalue weighted by Gasteiger charge is -2.62. The molecule has 0 saturated carbocycles. The van der Waals surface area contributed by atoms with Crippen LogP contribution in [0.4, 0.5) is 0 Å². The summed E-state index contributed by atoms with van der Waals surface area (Å²) in [5.41, 5.74) is -2.68. The smallest absolute Gasteiger partial charge is 0.307 e. The Morgan fingerprint density at radius 2 is 0.881 bits per heavy atom. The Balaban J connectivity index is 2.33. The van der Waals surface area contributed by atoms with Crippen LogP contribution < -0.4 is 16.0 Å². The van der Waals surface area contributed by atoms with Crippen LogP contribution in [0.25, 0.3) is 0 Å². The summed E-state index contributed by atoms with van der Waals surface area (Å²) < 4.78 is 7.37. The van der Waals surface area contributed by atoms with Crippen LogP contribution in [0.5, 0.6) is 0 Å². The van der Waals surface area contributed by atoms with Gasteiger partial charge in [-0.25, -0.2) is 0 Å². The van der Waals surface area contributed by atoms with Gasteiger partial charge in [-0.2, -0.15) is 0 Å². The van der Waals surface area contributed by atoms with Gasteiger partial charge in [0.1, 0.15) is 5.60 Å². The van der Waals surface area contributed by atoms with Gasteiger partial charge in [0.15, 0.2) is 0 Å². The van der Waals surface area contributed by atoms with Gasteiger partial charge in [-0.05, 0) is 140 Å². The van der Waals surface area contributed by atoms with Crippen LogP contribution in [-0.2, 0) is 23.9 Å². The molecule has 3 aliphatic heterocycles. The molecule has 0 amide bonds. The third kappa shape index (κ3) is 15.0. The maximum atomic E-state index is 15.0. The van der Waals surface area contributed by atoms with Crippen LogP contribution in [0, 0.1) is 41.4 Å². The number of hydrogen-bond acceptors (Lipinski definition) is 8. The molecule has 0 bridgehead atoms. The fraction of sp³-hybridized carbons (Fsp3) is 0.917. The molecule has 0 radical (unpaired) electrons. The Hall–Kier alpha value is -2.24. The summed E-state index contributed by atoms with van der Waals surface area (Å²) in [7, 11) is 0. The number of carboxylic acid groups (broad SMARTS) is 3. The van der Waals surface area contributed by atoms with E-state index in [-0.39, 0.29) is 56.9 Å². The maximum Gasteiger partial charge on any atom is 0.307 e. The van der Waals surface area contributed by atoms with Crippen molar-refractivity contribution in [2.75, 3.05) is 0 Å². The van der Waals surface area contributed by atoms with Gasteiger partial charge in [0, 0.05) is 51.0 Å². The summed E-state index contributed by atoms with van der Waals surface area (Å²) in [5, 5.41) is 41.8. The van der Waals surface area contributed by atoms with Crippen LogP contribution in [0.15, 0.2) is 0 Å². The molecular weight excluding hydrogens is 747 g/mol. The summed E-state index contributed by atoms with van der Waals surface area (Å²) in [6.07, 6.45) is 12.0. The number of unbranched alkanes of at least 4 members (excludes halogenated alkanes) is 5. The normalized spacial score (nSPS) is 24.5. The van der Waals surface area contributed by atoms with Crippen molar-refractivity contribution < 1.29 is 39.2 Å². The molecule has 0 aliphatic carbocycles. The highest BCUT2D eigenvalue weighted by molar-refractivity contribution is 5.87. The molecular formula is C48H87N3O8. The molecule has 3 rings (SSSR count). The first-order chi connectivity index (χ1) is 26.8. The number of carbonyl (C=O) groups excluding carboxylic acids is 1. The first kappa shape index (κ1) is 51.1. The standard InChI is InChI=1S/C48H87N3O8/c1-31(2)21-19-17-15-16-18-20-22-37(32-25-42(3,4)49-43(5,6)26-32)48(33-27-44(7,8)50-45(9,10)28-33,34-29-46(11,12)51-47(13,14)30-34)59-39(54)24-36(41(57)58)35(40(55)56)23-38(52)53/h31-37,49-51H,15-30H2,1-14H3,(H,52,53)(H,55,56)(H,57,58). The zero-order valence-corrected chi connectivity index (χ0v) is 39.7. The quantitative estimate of drug-likeness (QED) is 0.0480. The van der Waals surface area contributed by atoms with Crippen LogP contribution in [0.1, 0.15) is 200 Å². The third-order valence-corrected chi connectivity index (χ3v) is 13.8. The summed E-state index contributed by atoms with van der Waals surface area (Å²) in [6.45, 7) is 31.4. The van der Waals surface area contributed by atoms with E-state index in [0.29, 0.717) is 5.92 Å². The maximum absolute atomic E-state index is 15.0. The molecule has 0 aromatic rings. The third-order valence-electron chi connectivity index (χ3n) is 13.8. The summed E-state index contributed by atoms with van der Waals surface area (Å²) in [4.78, 5) is 52.1. The lowest BCUT2D eigenvalue weighted by Crippen LogP contribution is -2.70. The molecule has 11 nitrogen and oxygen atoms in total. The molecule has 59 heavy (non-hydrogen) atoms. The van der Waals surface area contributed by atoms with E-state index in [4.69, 9.17) is 4.74 Å². The number of nitrogens with one attached hydrogen (secondary N) is 3. The Bertz CT molecular complexity index is 1360. The number of piperidine rings is 3. The van der Waals surface area contributed by atoms with Crippen molar-refractivity contribution in [1.82, 2.24) is 16.0 Å². The van der Waals surface area contributed by atoms with E-state index in [0.717, 1.165) is 64.2 Å². The monoisotopic (exact) mass is 834 g/mol. The van der Waals surface area contributed by atoms with Crippen LogP contribution in [-0.4, -0.2) is 78.0 Å². The van der Waals surface area contributed by atoms with Crippen molar-refractivity contribution in [2.24, 2.45) is 41.4 Å². The number of carbonyl (C=O) groups is 4. The van der Waals surface area contributed by atoms with Gasteiger partial charge in [0.2, 0.25) is 0 Å². The Morgan fingerprint density at radius 1 is 0.542 bits per heavy atom. The van der Waals surface area contributed by atoms with Crippen molar-refractivity contribution >= 4 is 23.9 Å². The molecule has 3 unspecified atom stereocenters. The number of aliphatic carboxylic acids is 3. The highest BCUT2D eigenvalue weighted by Crippen LogP contribution is 2.58. The number of carboxylic acids is 3. The van der Waals surface area contributed by atoms with E-state index in [1.807, 2.05) is 0 Å². The van der Waals surface area contributed by atoms with Gasteiger partial charge >= 0.3 is 23.9 Å². The SMILES string of the molecule is CC(C)CCCCCCCCC(C1CC(C)(C)NC(C)(C)C1)C(OC(=O)CC(C(=O)O)C(CC(=O)O)C(=O)O)(C1CC(C)(C)NC(C)(C)C1)C1CC(C)(C)NC(C)(C)C1. The minimum atomic E-state index is -1.79. The highest BCUT2D eigenvalue weighted by atomic mass is 16.6. The van der Waals surface area contributed by atoms with Gasteiger partial charge in [-0.3, -0.25) is 19.2 Å². The van der Waals surface area contributed by atoms with Crippen molar-refractivity contribution in [3.8, 4) is 0 Å². The molecule has 0 aromatic carbocycles. The fourth-order valence-electron chi connectivity index (χ4n) is 13.0. The van der Waals surface area contributed by atoms with E-state index < -0.39 is 54.2 Å². The molecule has 0 aromatic heterocycles. The second kappa shape index (κ2) is 19.4. The molecule has 342 valence electrons. The molecule has 3 saturated heterocycles. The summed E-state index contributed by atoms with van der Waals surface area (Å²) >= 11 is 0. The van der Waals surface area contributed by atoms with E-state index in [2.05, 4.69) is 113 Å². The molecule has 6 N–H and O–H groups in total. The lowest BCUT2D eigenvalue weighted by atomic mass is 9.52. The van der Waals surface area contributed by atoms with E-state index >= 15 is 4.79 Å². The zero-order chi connectivity index (χ0) is 45.0. The molecule has 3 fully saturated rings. The van der Waals surface area contributed by atoms with Crippen LogP contribution in [0.3, 0.4) is 0 Å². The largest absolute Gasteiger partial charge is 0.481 e. The van der Waals surface area contributed by atoms with Gasteiger partial charge in [0.05, 0.1) is 24.7 Å². The van der Waals surface area contributed by atoms with Crippen molar-refractivity contribution in [1.29, 1.82) is 0 Å². The predicted molar refractivity (Wildman–Crippen MR) is 235 cm³/mol. The molecule has 3 heterocycles. The van der Waals surface area contributed by atoms with E-state index in [1.54, 1.807) is 0 Å². The van der Waals surface area contributed by atoms with E-state index in [9.17, 15) is 29.7 Å². The minimum absolute atomic E-state index is 0.0741. The van der Waals surface area contributed by atoms with Gasteiger partial charge in [-0.1, -0.05) is 58.8 Å². The number of rotatable bonds is 21.